The first-order valence-corrected chi connectivity index (χ1v) is 7.52. The maximum absolute atomic E-state index is 12.7. The molecular formula is C17H12ClN5O. The Labute approximate surface area is 143 Å². The first-order valence-electron chi connectivity index (χ1n) is 7.15. The summed E-state index contributed by atoms with van der Waals surface area (Å²) in [5.41, 5.74) is 2.10. The van der Waals surface area contributed by atoms with Crippen molar-refractivity contribution in [2.45, 2.75) is 12.8 Å². The molecule has 0 aliphatic rings. The highest BCUT2D eigenvalue weighted by molar-refractivity contribution is 6.30. The number of hydrogen-bond acceptors (Lipinski definition) is 5. The number of nitrogens with zero attached hydrogens (tertiary/aromatic N) is 5. The predicted molar refractivity (Wildman–Crippen MR) is 88.0 cm³/mol. The van der Waals surface area contributed by atoms with E-state index in [1.165, 1.54) is 4.68 Å². The lowest BCUT2D eigenvalue weighted by atomic mass is 9.97. The second-order valence-corrected chi connectivity index (χ2v) is 5.65. The molecule has 1 atom stereocenters. The molecule has 0 amide bonds. The van der Waals surface area contributed by atoms with E-state index in [0.717, 1.165) is 5.56 Å². The lowest BCUT2D eigenvalue weighted by Crippen LogP contribution is -2.16. The summed E-state index contributed by atoms with van der Waals surface area (Å²) in [6, 6.07) is 15.8. The van der Waals surface area contributed by atoms with Gasteiger partial charge in [-0.2, -0.15) is 9.94 Å². The van der Waals surface area contributed by atoms with Gasteiger partial charge in [-0.15, -0.1) is 5.10 Å². The van der Waals surface area contributed by atoms with E-state index in [9.17, 15) is 10.1 Å². The summed E-state index contributed by atoms with van der Waals surface area (Å²) >= 11 is 5.88. The van der Waals surface area contributed by atoms with Crippen molar-refractivity contribution < 1.29 is 4.79 Å². The van der Waals surface area contributed by atoms with Crippen LogP contribution in [0.3, 0.4) is 0 Å². The van der Waals surface area contributed by atoms with Crippen molar-refractivity contribution in [3.8, 4) is 11.8 Å². The van der Waals surface area contributed by atoms with Crippen LogP contribution in [0.4, 0.5) is 0 Å². The van der Waals surface area contributed by atoms with Crippen molar-refractivity contribution in [2.75, 3.05) is 0 Å². The molecule has 0 fully saturated rings. The number of benzene rings is 2. The SMILES string of the molecule is Cc1ccc(C(=O)[C@H](C#N)c2nnnn2-c2ccc(Cl)cc2)cc1. The zero-order valence-corrected chi connectivity index (χ0v) is 13.5. The minimum Gasteiger partial charge on any atom is -0.292 e. The molecule has 1 aromatic heterocycles. The Morgan fingerprint density at radius 2 is 1.83 bits per heavy atom. The summed E-state index contributed by atoms with van der Waals surface area (Å²) in [5.74, 6) is -1.27. The monoisotopic (exact) mass is 337 g/mol. The summed E-state index contributed by atoms with van der Waals surface area (Å²) in [7, 11) is 0. The maximum atomic E-state index is 12.7. The third-order valence-corrected chi connectivity index (χ3v) is 3.80. The quantitative estimate of drug-likeness (QED) is 0.683. The number of tetrazole rings is 1. The van der Waals surface area contributed by atoms with Crippen molar-refractivity contribution in [3.05, 3.63) is 70.5 Å². The van der Waals surface area contributed by atoms with Crippen LogP contribution in [-0.2, 0) is 0 Å². The van der Waals surface area contributed by atoms with Gasteiger partial charge in [0.05, 0.1) is 11.8 Å². The molecule has 3 rings (SSSR count). The van der Waals surface area contributed by atoms with E-state index in [1.807, 2.05) is 25.1 Å². The minimum absolute atomic E-state index is 0.172. The number of nitriles is 1. The lowest BCUT2D eigenvalue weighted by Gasteiger charge is -2.09. The Hall–Kier alpha value is -3.04. The van der Waals surface area contributed by atoms with Gasteiger partial charge in [0, 0.05) is 10.6 Å². The van der Waals surface area contributed by atoms with Crippen LogP contribution in [0.2, 0.25) is 5.02 Å². The highest BCUT2D eigenvalue weighted by atomic mass is 35.5. The maximum Gasteiger partial charge on any atom is 0.187 e. The molecule has 0 saturated heterocycles. The van der Waals surface area contributed by atoms with Crippen LogP contribution < -0.4 is 0 Å². The first-order chi connectivity index (χ1) is 11.6. The molecule has 0 spiro atoms. The molecule has 24 heavy (non-hydrogen) atoms. The molecule has 0 saturated carbocycles. The van der Waals surface area contributed by atoms with Crippen LogP contribution in [0.5, 0.6) is 0 Å². The number of rotatable bonds is 4. The molecule has 0 aliphatic carbocycles. The van der Waals surface area contributed by atoms with Gasteiger partial charge in [-0.1, -0.05) is 41.4 Å². The molecule has 7 heteroatoms. The van der Waals surface area contributed by atoms with Crippen LogP contribution in [0.1, 0.15) is 27.7 Å². The van der Waals surface area contributed by atoms with E-state index >= 15 is 0 Å². The van der Waals surface area contributed by atoms with E-state index in [-0.39, 0.29) is 11.6 Å². The smallest absolute Gasteiger partial charge is 0.187 e. The largest absolute Gasteiger partial charge is 0.292 e. The van der Waals surface area contributed by atoms with E-state index in [1.54, 1.807) is 36.4 Å². The molecule has 118 valence electrons. The zero-order valence-electron chi connectivity index (χ0n) is 12.7. The average Bonchev–Trinajstić information content (AvgIpc) is 3.06. The Morgan fingerprint density at radius 3 is 2.46 bits per heavy atom. The van der Waals surface area contributed by atoms with Gasteiger partial charge >= 0.3 is 0 Å². The zero-order chi connectivity index (χ0) is 17.1. The van der Waals surface area contributed by atoms with Crippen LogP contribution in [-0.4, -0.2) is 26.0 Å². The summed E-state index contributed by atoms with van der Waals surface area (Å²) < 4.78 is 1.37. The van der Waals surface area contributed by atoms with Crippen LogP contribution in [0.25, 0.3) is 5.69 Å². The minimum atomic E-state index is -1.10. The van der Waals surface area contributed by atoms with E-state index in [2.05, 4.69) is 15.5 Å². The third kappa shape index (κ3) is 3.03. The Balaban J connectivity index is 1.99. The molecule has 3 aromatic rings. The third-order valence-electron chi connectivity index (χ3n) is 3.55. The van der Waals surface area contributed by atoms with Gasteiger partial charge in [0.2, 0.25) is 0 Å². The second-order valence-electron chi connectivity index (χ2n) is 5.22. The fourth-order valence-electron chi connectivity index (χ4n) is 2.26. The van der Waals surface area contributed by atoms with Gasteiger partial charge < -0.3 is 0 Å². The predicted octanol–water partition coefficient (Wildman–Crippen LogP) is 3.11. The Morgan fingerprint density at radius 1 is 1.17 bits per heavy atom. The molecule has 2 aromatic carbocycles. The molecule has 0 aliphatic heterocycles. The van der Waals surface area contributed by atoms with Gasteiger partial charge in [0.15, 0.2) is 17.5 Å². The van der Waals surface area contributed by atoms with Crippen LogP contribution in [0, 0.1) is 18.3 Å². The Bertz CT molecular complexity index is 909. The van der Waals surface area contributed by atoms with Gasteiger partial charge in [-0.3, -0.25) is 4.79 Å². The van der Waals surface area contributed by atoms with Gasteiger partial charge in [-0.05, 0) is 41.6 Å². The van der Waals surface area contributed by atoms with Gasteiger partial charge in [0.25, 0.3) is 0 Å². The topological polar surface area (TPSA) is 84.5 Å². The van der Waals surface area contributed by atoms with Crippen molar-refractivity contribution in [3.63, 3.8) is 0 Å². The molecule has 1 heterocycles. The number of carbonyl (C=O) groups is 1. The summed E-state index contributed by atoms with van der Waals surface area (Å²) in [6.45, 7) is 1.93. The first kappa shape index (κ1) is 15.8. The van der Waals surface area contributed by atoms with Gasteiger partial charge in [-0.25, -0.2) is 0 Å². The number of aromatic nitrogens is 4. The molecule has 0 bridgehead atoms. The summed E-state index contributed by atoms with van der Waals surface area (Å²) in [5, 5.41) is 21.4. The fraction of sp³-hybridized carbons (Fsp3) is 0.118. The van der Waals surface area contributed by atoms with Crippen molar-refractivity contribution >= 4 is 17.4 Å². The van der Waals surface area contributed by atoms with Crippen molar-refractivity contribution in [2.24, 2.45) is 0 Å². The lowest BCUT2D eigenvalue weighted by molar-refractivity contribution is 0.0975. The van der Waals surface area contributed by atoms with Crippen LogP contribution >= 0.6 is 11.6 Å². The number of halogens is 1. The Kier molecular flexibility index (Phi) is 4.36. The summed E-state index contributed by atoms with van der Waals surface area (Å²) in [4.78, 5) is 12.7. The number of ketones is 1. The molecule has 0 radical (unpaired) electrons. The number of Topliss-reactive ketones (excluding diaryl/α,β-unsaturated/α-hetero) is 1. The van der Waals surface area contributed by atoms with E-state index in [0.29, 0.717) is 16.3 Å². The number of hydrogen-bond donors (Lipinski definition) is 0. The number of carbonyl (C=O) groups excluding carboxylic acids is 1. The molecular weight excluding hydrogens is 326 g/mol. The van der Waals surface area contributed by atoms with Crippen molar-refractivity contribution in [1.29, 1.82) is 5.26 Å². The normalized spacial score (nSPS) is 11.7. The second kappa shape index (κ2) is 6.60. The number of aryl methyl sites for hydroxylation is 1. The fourth-order valence-corrected chi connectivity index (χ4v) is 2.38. The van der Waals surface area contributed by atoms with E-state index in [4.69, 9.17) is 11.6 Å². The van der Waals surface area contributed by atoms with E-state index < -0.39 is 5.92 Å². The average molecular weight is 338 g/mol. The van der Waals surface area contributed by atoms with Crippen LogP contribution in [0.15, 0.2) is 48.5 Å². The molecule has 0 N–H and O–H groups in total. The molecule has 6 nitrogen and oxygen atoms in total. The summed E-state index contributed by atoms with van der Waals surface area (Å²) in [6.07, 6.45) is 0. The standard InChI is InChI=1S/C17H12ClN5O/c1-11-2-4-12(5-3-11)16(24)15(10-19)17-20-21-22-23(17)14-8-6-13(18)7-9-14/h2-9,15H,1H3/t15-/m0/s1. The van der Waals surface area contributed by atoms with Gasteiger partial charge in [0.1, 0.15) is 0 Å². The highest BCUT2D eigenvalue weighted by Crippen LogP contribution is 2.21. The van der Waals surface area contributed by atoms with Crippen molar-refractivity contribution in [1.82, 2.24) is 20.2 Å². The highest BCUT2D eigenvalue weighted by Gasteiger charge is 2.28. The molecule has 0 unspecified atom stereocenters.